The maximum absolute atomic E-state index is 9.81. The molecule has 0 fully saturated rings. The summed E-state index contributed by atoms with van der Waals surface area (Å²) in [5.74, 6) is 1.62. The van der Waals surface area contributed by atoms with Crippen LogP contribution >= 0.6 is 0 Å². The Bertz CT molecular complexity index is 562. The van der Waals surface area contributed by atoms with Crippen molar-refractivity contribution in [2.45, 2.75) is 32.5 Å². The molecule has 18 heavy (non-hydrogen) atoms. The number of hydrogen-bond donors (Lipinski definition) is 1. The number of rotatable bonds is 3. The number of hydrogen-bond acceptors (Lipinski definition) is 4. The molecule has 0 spiro atoms. The lowest BCUT2D eigenvalue weighted by molar-refractivity contribution is 0.180. The fraction of sp³-hybridized carbons (Fsp3) is 0.357. The monoisotopic (exact) mass is 245 g/mol. The average molecular weight is 245 g/mol. The second kappa shape index (κ2) is 4.46. The summed E-state index contributed by atoms with van der Waals surface area (Å²) in [7, 11) is 0. The predicted octanol–water partition coefficient (Wildman–Crippen LogP) is 2.54. The molecular weight excluding hydrogens is 230 g/mol. The third-order valence-electron chi connectivity index (χ3n) is 3.25. The molecule has 4 heteroatoms. The Labute approximate surface area is 105 Å². The number of aliphatic hydroxyl groups is 1. The van der Waals surface area contributed by atoms with Crippen LogP contribution in [0.15, 0.2) is 28.8 Å². The zero-order valence-corrected chi connectivity index (χ0v) is 10.2. The van der Waals surface area contributed by atoms with Gasteiger partial charge < -0.3 is 14.4 Å². The highest BCUT2D eigenvalue weighted by atomic mass is 16.5. The van der Waals surface area contributed by atoms with Gasteiger partial charge in [0.1, 0.15) is 23.8 Å². The Balaban J connectivity index is 1.78. The molecule has 4 nitrogen and oxygen atoms in total. The van der Waals surface area contributed by atoms with E-state index in [1.807, 2.05) is 31.2 Å². The van der Waals surface area contributed by atoms with Gasteiger partial charge >= 0.3 is 0 Å². The Kier molecular flexibility index (Phi) is 2.80. The van der Waals surface area contributed by atoms with Gasteiger partial charge in [0.15, 0.2) is 0 Å². The van der Waals surface area contributed by atoms with Gasteiger partial charge in [-0.3, -0.25) is 0 Å². The Hall–Kier alpha value is -1.81. The summed E-state index contributed by atoms with van der Waals surface area (Å²) < 4.78 is 10.8. The van der Waals surface area contributed by atoms with Crippen LogP contribution < -0.4 is 4.74 Å². The molecule has 1 N–H and O–H groups in total. The van der Waals surface area contributed by atoms with E-state index in [0.717, 1.165) is 41.2 Å². The quantitative estimate of drug-likeness (QED) is 0.902. The van der Waals surface area contributed by atoms with Gasteiger partial charge in [-0.15, -0.1) is 0 Å². The highest BCUT2D eigenvalue weighted by molar-refractivity contribution is 5.44. The van der Waals surface area contributed by atoms with Gasteiger partial charge in [0, 0.05) is 11.6 Å². The number of aryl methyl sites for hydroxylation is 1. The van der Waals surface area contributed by atoms with E-state index < -0.39 is 0 Å². The van der Waals surface area contributed by atoms with Crippen molar-refractivity contribution in [2.24, 2.45) is 0 Å². The van der Waals surface area contributed by atoms with Gasteiger partial charge in [0.25, 0.3) is 0 Å². The van der Waals surface area contributed by atoms with E-state index in [1.54, 1.807) is 0 Å². The molecular formula is C14H15NO3. The molecule has 3 rings (SSSR count). The van der Waals surface area contributed by atoms with Crippen molar-refractivity contribution in [3.05, 3.63) is 46.8 Å². The lowest BCUT2D eigenvalue weighted by Crippen LogP contribution is -1.99. The van der Waals surface area contributed by atoms with Crippen molar-refractivity contribution in [1.29, 1.82) is 0 Å². The first-order valence-corrected chi connectivity index (χ1v) is 6.09. The number of aromatic nitrogens is 1. The smallest absolute Gasteiger partial charge is 0.134 e. The lowest BCUT2D eigenvalue weighted by Gasteiger charge is -2.10. The molecule has 1 atom stereocenters. The van der Waals surface area contributed by atoms with Crippen LogP contribution in [0.25, 0.3) is 0 Å². The van der Waals surface area contributed by atoms with Crippen molar-refractivity contribution in [1.82, 2.24) is 5.16 Å². The Morgan fingerprint density at radius 2 is 2.39 bits per heavy atom. The summed E-state index contributed by atoms with van der Waals surface area (Å²) in [6.45, 7) is 2.25. The van der Waals surface area contributed by atoms with Gasteiger partial charge in [-0.05, 0) is 31.4 Å². The minimum absolute atomic E-state index is 0.349. The molecule has 1 aromatic heterocycles. The van der Waals surface area contributed by atoms with E-state index in [1.165, 1.54) is 0 Å². The molecule has 1 aromatic carbocycles. The zero-order chi connectivity index (χ0) is 12.5. The molecule has 0 radical (unpaired) electrons. The summed E-state index contributed by atoms with van der Waals surface area (Å²) in [4.78, 5) is 0. The summed E-state index contributed by atoms with van der Waals surface area (Å²) in [5.41, 5.74) is 2.89. The fourth-order valence-electron chi connectivity index (χ4n) is 2.37. The molecule has 0 saturated heterocycles. The minimum atomic E-state index is -0.349. The normalized spacial score (nSPS) is 17.8. The van der Waals surface area contributed by atoms with Crippen LogP contribution in [-0.4, -0.2) is 10.3 Å². The van der Waals surface area contributed by atoms with Crippen LogP contribution in [0.1, 0.15) is 35.1 Å². The first kappa shape index (κ1) is 11.3. The number of benzene rings is 1. The number of nitrogens with zero attached hydrogens (tertiary/aromatic N) is 1. The van der Waals surface area contributed by atoms with Crippen LogP contribution in [0.4, 0.5) is 0 Å². The minimum Gasteiger partial charge on any atom is -0.487 e. The molecule has 0 aliphatic heterocycles. The predicted molar refractivity (Wildman–Crippen MR) is 65.3 cm³/mol. The van der Waals surface area contributed by atoms with Crippen molar-refractivity contribution < 1.29 is 14.4 Å². The van der Waals surface area contributed by atoms with E-state index in [2.05, 4.69) is 5.16 Å². The SMILES string of the molecule is Cc1cc(COc2cccc3c2CCC3O)no1. The first-order chi connectivity index (χ1) is 8.74. The summed E-state index contributed by atoms with van der Waals surface area (Å²) in [6.07, 6.45) is 1.29. The molecule has 0 bridgehead atoms. The molecule has 94 valence electrons. The molecule has 1 aliphatic carbocycles. The van der Waals surface area contributed by atoms with E-state index >= 15 is 0 Å². The van der Waals surface area contributed by atoms with Gasteiger partial charge in [0.2, 0.25) is 0 Å². The van der Waals surface area contributed by atoms with Gasteiger partial charge in [-0.25, -0.2) is 0 Å². The third-order valence-corrected chi connectivity index (χ3v) is 3.25. The van der Waals surface area contributed by atoms with Crippen molar-refractivity contribution >= 4 is 0 Å². The van der Waals surface area contributed by atoms with E-state index in [-0.39, 0.29) is 6.10 Å². The molecule has 1 heterocycles. The average Bonchev–Trinajstić information content (AvgIpc) is 2.94. The van der Waals surface area contributed by atoms with Crippen molar-refractivity contribution in [3.63, 3.8) is 0 Å². The molecule has 0 saturated carbocycles. The Morgan fingerprint density at radius 1 is 1.50 bits per heavy atom. The topological polar surface area (TPSA) is 55.5 Å². The second-order valence-electron chi connectivity index (χ2n) is 4.60. The van der Waals surface area contributed by atoms with Crippen LogP contribution in [-0.2, 0) is 13.0 Å². The first-order valence-electron chi connectivity index (χ1n) is 6.09. The van der Waals surface area contributed by atoms with E-state index in [4.69, 9.17) is 9.26 Å². The summed E-state index contributed by atoms with van der Waals surface area (Å²) in [6, 6.07) is 7.67. The lowest BCUT2D eigenvalue weighted by atomic mass is 10.1. The van der Waals surface area contributed by atoms with E-state index in [0.29, 0.717) is 6.61 Å². The van der Waals surface area contributed by atoms with Gasteiger partial charge in [-0.1, -0.05) is 17.3 Å². The van der Waals surface area contributed by atoms with Gasteiger partial charge in [-0.2, -0.15) is 0 Å². The Morgan fingerprint density at radius 3 is 3.17 bits per heavy atom. The summed E-state index contributed by atoms with van der Waals surface area (Å²) in [5, 5.41) is 13.7. The van der Waals surface area contributed by atoms with Gasteiger partial charge in [0.05, 0.1) is 6.10 Å². The molecule has 2 aromatic rings. The van der Waals surface area contributed by atoms with Crippen molar-refractivity contribution in [2.75, 3.05) is 0 Å². The number of fused-ring (bicyclic) bond motifs is 1. The fourth-order valence-corrected chi connectivity index (χ4v) is 2.37. The largest absolute Gasteiger partial charge is 0.487 e. The van der Waals surface area contributed by atoms with Crippen LogP contribution in [0.5, 0.6) is 5.75 Å². The third kappa shape index (κ3) is 1.99. The maximum atomic E-state index is 9.81. The van der Waals surface area contributed by atoms with Crippen LogP contribution in [0, 0.1) is 6.92 Å². The molecule has 1 unspecified atom stereocenters. The van der Waals surface area contributed by atoms with Crippen LogP contribution in [0.2, 0.25) is 0 Å². The van der Waals surface area contributed by atoms with Crippen LogP contribution in [0.3, 0.4) is 0 Å². The second-order valence-corrected chi connectivity index (χ2v) is 4.60. The number of aliphatic hydroxyl groups excluding tert-OH is 1. The highest BCUT2D eigenvalue weighted by Crippen LogP contribution is 2.36. The summed E-state index contributed by atoms with van der Waals surface area (Å²) >= 11 is 0. The number of ether oxygens (including phenoxy) is 1. The highest BCUT2D eigenvalue weighted by Gasteiger charge is 2.23. The molecule has 1 aliphatic rings. The standard InChI is InChI=1S/C14H15NO3/c1-9-7-10(15-18-9)8-17-14-4-2-3-11-12(14)5-6-13(11)16/h2-4,7,13,16H,5-6,8H2,1H3. The van der Waals surface area contributed by atoms with Crippen molar-refractivity contribution in [3.8, 4) is 5.75 Å². The maximum Gasteiger partial charge on any atom is 0.134 e. The molecule has 0 amide bonds. The zero-order valence-electron chi connectivity index (χ0n) is 10.2. The van der Waals surface area contributed by atoms with E-state index in [9.17, 15) is 5.11 Å².